The lowest BCUT2D eigenvalue weighted by Gasteiger charge is -2.28. The SMILES string of the molecule is c1ccc(-c2nc(-c3ccccc3)nc(-c3cccc(N4c5ccccc5-c5ccccc5-c5cc6c7ccccc7n(-c7ccccc7)c6cc54)c3)n2)cc1. The fourth-order valence-corrected chi connectivity index (χ4v) is 8.24. The normalized spacial score (nSPS) is 11.9. The van der Waals surface area contributed by atoms with Crippen molar-refractivity contribution in [3.05, 3.63) is 200 Å². The Kier molecular flexibility index (Phi) is 7.42. The third-order valence-corrected chi connectivity index (χ3v) is 10.8. The first kappa shape index (κ1) is 31.9. The second-order valence-corrected chi connectivity index (χ2v) is 14.1. The number of rotatable bonds is 5. The van der Waals surface area contributed by atoms with E-state index in [2.05, 4.69) is 149 Å². The van der Waals surface area contributed by atoms with Gasteiger partial charge in [0.2, 0.25) is 0 Å². The molecule has 0 bridgehead atoms. The average molecular weight is 716 g/mol. The van der Waals surface area contributed by atoms with Crippen molar-refractivity contribution in [2.24, 2.45) is 0 Å². The minimum absolute atomic E-state index is 0.617. The second kappa shape index (κ2) is 13.0. The van der Waals surface area contributed by atoms with E-state index >= 15 is 0 Å². The third kappa shape index (κ3) is 5.21. The summed E-state index contributed by atoms with van der Waals surface area (Å²) >= 11 is 0. The maximum atomic E-state index is 5.09. The third-order valence-electron chi connectivity index (χ3n) is 10.8. The number of anilines is 3. The predicted octanol–water partition coefficient (Wildman–Crippen LogP) is 13.1. The Labute approximate surface area is 324 Å². The molecule has 0 atom stereocenters. The van der Waals surface area contributed by atoms with Crippen molar-refractivity contribution in [2.75, 3.05) is 4.90 Å². The lowest BCUT2D eigenvalue weighted by Crippen LogP contribution is -2.11. The van der Waals surface area contributed by atoms with E-state index in [0.717, 1.165) is 45.0 Å². The van der Waals surface area contributed by atoms with E-state index in [1.165, 1.54) is 38.5 Å². The van der Waals surface area contributed by atoms with E-state index in [-0.39, 0.29) is 0 Å². The van der Waals surface area contributed by atoms with Crippen LogP contribution in [0.15, 0.2) is 200 Å². The number of hydrogen-bond acceptors (Lipinski definition) is 4. The van der Waals surface area contributed by atoms with Crippen molar-refractivity contribution in [3.63, 3.8) is 0 Å². The zero-order valence-electron chi connectivity index (χ0n) is 30.3. The van der Waals surface area contributed by atoms with Gasteiger partial charge in [-0.2, -0.15) is 0 Å². The lowest BCUT2D eigenvalue weighted by atomic mass is 9.94. The van der Waals surface area contributed by atoms with Gasteiger partial charge in [-0.1, -0.05) is 152 Å². The minimum Gasteiger partial charge on any atom is -0.309 e. The Hall–Kier alpha value is -7.63. The largest absolute Gasteiger partial charge is 0.309 e. The second-order valence-electron chi connectivity index (χ2n) is 14.1. The van der Waals surface area contributed by atoms with Crippen molar-refractivity contribution >= 4 is 38.9 Å². The van der Waals surface area contributed by atoms with Crippen LogP contribution in [0.5, 0.6) is 0 Å². The molecule has 0 N–H and O–H groups in total. The summed E-state index contributed by atoms with van der Waals surface area (Å²) < 4.78 is 2.39. The van der Waals surface area contributed by atoms with E-state index in [1.807, 2.05) is 60.7 Å². The van der Waals surface area contributed by atoms with E-state index in [9.17, 15) is 0 Å². The van der Waals surface area contributed by atoms with Crippen LogP contribution in [0.4, 0.5) is 17.1 Å². The molecular formula is C51H33N5. The first-order valence-electron chi connectivity index (χ1n) is 18.9. The molecule has 0 saturated carbocycles. The van der Waals surface area contributed by atoms with Crippen molar-refractivity contribution in [1.82, 2.24) is 19.5 Å². The molecule has 5 nitrogen and oxygen atoms in total. The standard InChI is InChI=1S/C51H33N5/c1-4-17-34(18-5-1)49-52-50(35-19-6-2-7-20-35)54-51(53-49)36-21-16-24-38(31-36)56-45-29-14-12-27-41(45)39-25-10-11-26-40(39)43-32-44-42-28-13-15-30-46(42)55(48(44)33-47(43)56)37-22-8-3-9-23-37/h1-33H. The summed E-state index contributed by atoms with van der Waals surface area (Å²) in [7, 11) is 0. The predicted molar refractivity (Wildman–Crippen MR) is 230 cm³/mol. The Morgan fingerprint density at radius 1 is 0.304 bits per heavy atom. The molecule has 262 valence electrons. The molecule has 2 aromatic heterocycles. The quantitative estimate of drug-likeness (QED) is 0.178. The number of aromatic nitrogens is 4. The highest BCUT2D eigenvalue weighted by Crippen LogP contribution is 2.52. The highest BCUT2D eigenvalue weighted by atomic mass is 15.2. The van der Waals surface area contributed by atoms with Crippen LogP contribution in [0.25, 0.3) is 83.9 Å². The molecule has 0 saturated heterocycles. The number of hydrogen-bond donors (Lipinski definition) is 0. The van der Waals surface area contributed by atoms with Crippen molar-refractivity contribution in [1.29, 1.82) is 0 Å². The van der Waals surface area contributed by atoms with Gasteiger partial charge < -0.3 is 9.47 Å². The first-order chi connectivity index (χ1) is 27.8. The van der Waals surface area contributed by atoms with Gasteiger partial charge in [-0.15, -0.1) is 0 Å². The van der Waals surface area contributed by atoms with Crippen LogP contribution in [0, 0.1) is 0 Å². The summed E-state index contributed by atoms with van der Waals surface area (Å²) in [6.45, 7) is 0. The zero-order chi connectivity index (χ0) is 37.0. The van der Waals surface area contributed by atoms with Crippen LogP contribution in [-0.2, 0) is 0 Å². The van der Waals surface area contributed by atoms with E-state index in [0.29, 0.717) is 17.5 Å². The summed E-state index contributed by atoms with van der Waals surface area (Å²) in [6, 6.07) is 70.6. The number of benzene rings is 8. The Balaban J connectivity index is 1.18. The van der Waals surface area contributed by atoms with Gasteiger partial charge in [-0.05, 0) is 59.7 Å². The molecule has 0 unspecified atom stereocenters. The lowest BCUT2D eigenvalue weighted by molar-refractivity contribution is 1.07. The summed E-state index contributed by atoms with van der Waals surface area (Å²) in [5.41, 5.74) is 14.2. The van der Waals surface area contributed by atoms with Crippen LogP contribution in [0.3, 0.4) is 0 Å². The molecule has 56 heavy (non-hydrogen) atoms. The van der Waals surface area contributed by atoms with Crippen molar-refractivity contribution in [3.8, 4) is 62.1 Å². The van der Waals surface area contributed by atoms with Crippen molar-refractivity contribution < 1.29 is 0 Å². The van der Waals surface area contributed by atoms with Gasteiger partial charge >= 0.3 is 0 Å². The van der Waals surface area contributed by atoms with Gasteiger partial charge in [0.15, 0.2) is 17.5 Å². The Morgan fingerprint density at radius 2 is 0.821 bits per heavy atom. The summed E-state index contributed by atoms with van der Waals surface area (Å²) in [6.07, 6.45) is 0. The molecule has 11 rings (SSSR count). The maximum Gasteiger partial charge on any atom is 0.164 e. The van der Waals surface area contributed by atoms with Gasteiger partial charge in [0.1, 0.15) is 0 Å². The van der Waals surface area contributed by atoms with Crippen LogP contribution in [0.2, 0.25) is 0 Å². The van der Waals surface area contributed by atoms with E-state index in [1.54, 1.807) is 0 Å². The molecule has 0 spiro atoms. The highest BCUT2D eigenvalue weighted by Gasteiger charge is 2.28. The summed E-state index contributed by atoms with van der Waals surface area (Å²) in [4.78, 5) is 17.5. The molecule has 0 amide bonds. The van der Waals surface area contributed by atoms with Crippen LogP contribution < -0.4 is 4.90 Å². The first-order valence-corrected chi connectivity index (χ1v) is 18.9. The van der Waals surface area contributed by atoms with Gasteiger partial charge in [0.05, 0.1) is 22.4 Å². The highest BCUT2D eigenvalue weighted by molar-refractivity contribution is 6.14. The number of nitrogens with zero attached hydrogens (tertiary/aromatic N) is 5. The monoisotopic (exact) mass is 715 g/mol. The maximum absolute atomic E-state index is 5.09. The average Bonchev–Trinajstić information content (AvgIpc) is 3.54. The molecule has 0 fully saturated rings. The zero-order valence-corrected chi connectivity index (χ0v) is 30.3. The molecule has 0 radical (unpaired) electrons. The summed E-state index contributed by atoms with van der Waals surface area (Å²) in [5.74, 6) is 1.89. The topological polar surface area (TPSA) is 46.8 Å². The fourth-order valence-electron chi connectivity index (χ4n) is 8.24. The molecule has 0 aliphatic carbocycles. The van der Waals surface area contributed by atoms with Crippen LogP contribution in [-0.4, -0.2) is 19.5 Å². The van der Waals surface area contributed by atoms with Crippen LogP contribution in [0.1, 0.15) is 0 Å². The van der Waals surface area contributed by atoms with Gasteiger partial charge in [-0.3, -0.25) is 0 Å². The molecule has 5 heteroatoms. The van der Waals surface area contributed by atoms with E-state index in [4.69, 9.17) is 15.0 Å². The van der Waals surface area contributed by atoms with Crippen molar-refractivity contribution in [2.45, 2.75) is 0 Å². The Bertz CT molecular complexity index is 3020. The van der Waals surface area contributed by atoms with Gasteiger partial charge in [0.25, 0.3) is 0 Å². The molecule has 8 aromatic carbocycles. The number of para-hydroxylation sites is 3. The Morgan fingerprint density at radius 3 is 1.52 bits per heavy atom. The van der Waals surface area contributed by atoms with E-state index < -0.39 is 0 Å². The van der Waals surface area contributed by atoms with Gasteiger partial charge in [-0.25, -0.2) is 15.0 Å². The van der Waals surface area contributed by atoms with Gasteiger partial charge in [0, 0.05) is 50.0 Å². The van der Waals surface area contributed by atoms with Crippen LogP contribution >= 0.6 is 0 Å². The molecular weight excluding hydrogens is 683 g/mol. The summed E-state index contributed by atoms with van der Waals surface area (Å²) in [5, 5.41) is 2.44. The molecule has 1 aliphatic heterocycles. The molecule has 3 heterocycles. The smallest absolute Gasteiger partial charge is 0.164 e. The number of fused-ring (bicyclic) bond motifs is 8. The minimum atomic E-state index is 0.617. The molecule has 10 aromatic rings. The fraction of sp³-hybridized carbons (Fsp3) is 0. The molecule has 1 aliphatic rings.